The minimum absolute atomic E-state index is 0. The molecule has 2 amide bonds. The minimum Gasteiger partial charge on any atom is -0.460 e. The Labute approximate surface area is 608 Å². The van der Waals surface area contributed by atoms with E-state index in [2.05, 4.69) is 10.6 Å². The SMILES string of the molecule is CC1=C2[C@@H](O)C(=O)[C@@]3(C)C([C@H](C)[C@](O)(C[C@@H]1OC(=O)[C@H](O)[C@@H](NC(=O)OC(C)(C)C)c1ccccc1)C2(C)C)[C@]1(C)CO[C@@H]1C[C@@H]3O.CC1=C2[C@@H](OC(=O)CCl)C(=O)[C@@]3(C)C([C@H](C)[C@](O)(C[C@@H]1OC(=O)[C@H](O)[C@@H](NC(=O)OC(C)(C)C)c1ccccc1)C2(C)C)[C@]1(C)CO[C@@H]1C[C@@H]3OC(=O)CCl.[2HH]. The van der Waals surface area contributed by atoms with Gasteiger partial charge in [0.15, 0.2) is 29.9 Å². The van der Waals surface area contributed by atoms with Gasteiger partial charge in [0, 0.05) is 48.8 Å². The van der Waals surface area contributed by atoms with Crippen LogP contribution in [-0.4, -0.2) is 187 Å². The molecule has 26 heteroatoms. The van der Waals surface area contributed by atoms with Crippen molar-refractivity contribution in [1.29, 1.82) is 0 Å². The van der Waals surface area contributed by atoms with Crippen LogP contribution in [0.25, 0.3) is 0 Å². The third-order valence-corrected chi connectivity index (χ3v) is 25.0. The number of amides is 2. The molecule has 0 aromatic heterocycles. The minimum atomic E-state index is -1.95. The lowest BCUT2D eigenvalue weighted by molar-refractivity contribution is -0.303. The lowest BCUT2D eigenvalue weighted by Crippen LogP contribution is -2.75. The second-order valence-corrected chi connectivity index (χ2v) is 34.0. The van der Waals surface area contributed by atoms with Crippen molar-refractivity contribution in [3.05, 3.63) is 94.1 Å². The van der Waals surface area contributed by atoms with Crippen LogP contribution in [0.5, 0.6) is 0 Å². The van der Waals surface area contributed by atoms with Gasteiger partial charge in [-0.25, -0.2) is 19.2 Å². The molecule has 2 aromatic carbocycles. The summed E-state index contributed by atoms with van der Waals surface area (Å²) in [5.41, 5.74) is -9.76. The van der Waals surface area contributed by atoms with E-state index >= 15 is 4.79 Å². The van der Waals surface area contributed by atoms with Gasteiger partial charge in [-0.3, -0.25) is 19.2 Å². The van der Waals surface area contributed by atoms with Crippen LogP contribution in [0.3, 0.4) is 0 Å². The maximum atomic E-state index is 15.4. The lowest BCUT2D eigenvalue weighted by atomic mass is 9.40. The van der Waals surface area contributed by atoms with E-state index in [1.165, 1.54) is 0 Å². The number of hydrogen-bond acceptors (Lipinski definition) is 22. The number of esters is 4. The van der Waals surface area contributed by atoms with Gasteiger partial charge in [-0.15, -0.1) is 23.2 Å². The number of carbonyl (C=O) groups is 8. The predicted octanol–water partition coefficient (Wildman–Crippen LogP) is 8.57. The molecule has 4 bridgehead atoms. The number of benzene rings is 2. The molecule has 6 aliphatic carbocycles. The molecule has 2 saturated heterocycles. The number of alkyl halides is 2. The fourth-order valence-electron chi connectivity index (χ4n) is 19.3. The molecule has 2 unspecified atom stereocenters. The standard InChI is InChI=1S/C40H53Cl2NO12.C36H51NO10.H2/c1-20-23(52-34(48)30(46)29(22-13-11-10-12-14-22)43-35(49)55-36(3,4)5)16-40(50)21(2)32-38(8)19-51-24(38)15-25(53-26(44)17-41)39(32,9)33(47)31(54-27(45)18-42)28(20)37(40,6)7;1-18-21(46-30(42)27(40)25(20-13-11-10-12-14-20)37-31(43)47-32(3,4)5)16-36(44)19(2)28-34(8)17-45-23(34)15-22(38)35(28,9)29(41)26(39)24(18)33(36,6)7;/h10-14,21,23-25,29-32,46,50H,15-19H2,1-9H3,(H,43,49);10-14,19,21-23,25-28,38-40,44H,15-17H2,1-9H3,(H,37,43);1H/t21-,23-,24+,25-,29-,30+,31+,32?,38+,39+,40+;19-,21-,22-,23+,25-,26+,27+,28?,34+,35+,36+;/m00./s1/i;;1+1. The first-order chi connectivity index (χ1) is 47.1. The lowest BCUT2D eigenvalue weighted by Gasteiger charge is -2.68. The molecule has 6 fully saturated rings. The van der Waals surface area contributed by atoms with Gasteiger partial charge in [0.25, 0.3) is 0 Å². The van der Waals surface area contributed by atoms with Crippen LogP contribution in [0.15, 0.2) is 83.0 Å². The topological polar surface area (TPSA) is 356 Å². The van der Waals surface area contributed by atoms with E-state index in [0.29, 0.717) is 28.9 Å². The number of fused-ring (bicyclic) bond motifs is 10. The Morgan fingerprint density at radius 3 is 1.35 bits per heavy atom. The highest BCUT2D eigenvalue weighted by atomic mass is 35.5. The van der Waals surface area contributed by atoms with Gasteiger partial charge in [-0.1, -0.05) is 116 Å². The van der Waals surface area contributed by atoms with Crippen molar-refractivity contribution in [2.75, 3.05) is 25.0 Å². The van der Waals surface area contributed by atoms with Crippen LogP contribution in [-0.2, 0) is 66.7 Å². The summed E-state index contributed by atoms with van der Waals surface area (Å²) in [5, 5.41) is 77.4. The highest BCUT2D eigenvalue weighted by Gasteiger charge is 2.76. The van der Waals surface area contributed by atoms with E-state index in [1.54, 1.807) is 158 Å². The third kappa shape index (κ3) is 13.6. The number of ether oxygens (including phenoxy) is 8. The molecule has 566 valence electrons. The summed E-state index contributed by atoms with van der Waals surface area (Å²) in [6.45, 7) is 32.0. The fraction of sp³-hybridized carbons (Fsp3) is 0.684. The van der Waals surface area contributed by atoms with Crippen molar-refractivity contribution in [3.8, 4) is 0 Å². The van der Waals surface area contributed by atoms with Crippen LogP contribution in [0.1, 0.15) is 175 Å². The van der Waals surface area contributed by atoms with Crippen LogP contribution < -0.4 is 10.6 Å². The zero-order valence-electron chi connectivity index (χ0n) is 61.6. The summed E-state index contributed by atoms with van der Waals surface area (Å²) < 4.78 is 46.4. The molecule has 0 radical (unpaired) electrons. The van der Waals surface area contributed by atoms with Gasteiger partial charge in [-0.05, 0) is 126 Å². The molecule has 102 heavy (non-hydrogen) atoms. The number of alkyl carbamates (subject to hydrolysis) is 2. The van der Waals surface area contributed by atoms with E-state index < -0.39 is 205 Å². The number of halogens is 2. The van der Waals surface area contributed by atoms with Crippen LogP contribution >= 0.6 is 23.2 Å². The van der Waals surface area contributed by atoms with Gasteiger partial charge in [0.1, 0.15) is 47.4 Å². The molecule has 2 heterocycles. The molecular formula is C76H106Cl2N2O22. The molecule has 8 aliphatic rings. The molecule has 24 nitrogen and oxygen atoms in total. The highest BCUT2D eigenvalue weighted by molar-refractivity contribution is 6.26. The summed E-state index contributed by atoms with van der Waals surface area (Å²) in [7, 11) is 0. The summed E-state index contributed by atoms with van der Waals surface area (Å²) in [6.07, 6.45) is -14.0. The van der Waals surface area contributed by atoms with Crippen LogP contribution in [0, 0.1) is 56.2 Å². The Balaban J connectivity index is 0.000000262. The first-order valence-electron chi connectivity index (χ1n) is 35.0. The van der Waals surface area contributed by atoms with E-state index in [9.17, 15) is 64.2 Å². The second kappa shape index (κ2) is 28.3. The highest BCUT2D eigenvalue weighted by Crippen LogP contribution is 2.69. The van der Waals surface area contributed by atoms with Gasteiger partial charge < -0.3 is 79.2 Å². The Morgan fingerprint density at radius 1 is 0.578 bits per heavy atom. The fourth-order valence-corrected chi connectivity index (χ4v) is 19.4. The molecule has 2 aromatic rings. The molecule has 8 N–H and O–H groups in total. The average Bonchev–Trinajstić information content (AvgIpc) is 0.680. The first-order valence-corrected chi connectivity index (χ1v) is 36.1. The van der Waals surface area contributed by atoms with Gasteiger partial charge in [0.2, 0.25) is 0 Å². The summed E-state index contributed by atoms with van der Waals surface area (Å²) in [5.74, 6) is -8.72. The zero-order chi connectivity index (χ0) is 76.1. The normalized spacial score (nSPS) is 36.9. The van der Waals surface area contributed by atoms with E-state index in [0.717, 1.165) is 0 Å². The van der Waals surface area contributed by atoms with Gasteiger partial charge in [0.05, 0.1) is 65.6 Å². The Hall–Kier alpha value is -6.06. The summed E-state index contributed by atoms with van der Waals surface area (Å²) >= 11 is 11.8. The van der Waals surface area contributed by atoms with Crippen molar-refractivity contribution in [2.45, 2.75) is 246 Å². The maximum Gasteiger partial charge on any atom is 0.408 e. The number of hydrogen-bond donors (Lipinski definition) is 8. The van der Waals surface area contributed by atoms with E-state index in [1.807, 2.05) is 27.7 Å². The Bertz CT molecular complexity index is 3650. The molecule has 2 aliphatic heterocycles. The van der Waals surface area contributed by atoms with Crippen molar-refractivity contribution in [2.24, 2.45) is 56.2 Å². The second-order valence-electron chi connectivity index (χ2n) is 33.5. The number of nitrogens with one attached hydrogen (secondary N) is 2. The summed E-state index contributed by atoms with van der Waals surface area (Å²) in [6, 6.07) is 14.3. The first kappa shape index (κ1) is 80.0. The molecular weight excluding hydrogens is 1360 g/mol. The molecule has 22 atom stereocenters. The maximum absolute atomic E-state index is 15.4. The van der Waals surface area contributed by atoms with Gasteiger partial charge >= 0.3 is 36.1 Å². The number of Topliss-reactive ketones (excluding diaryl/α,β-unsaturated/α-hetero) is 2. The number of aliphatic hydroxyl groups is 6. The van der Waals surface area contributed by atoms with Crippen LogP contribution in [0.2, 0.25) is 0 Å². The Morgan fingerprint density at radius 2 is 0.961 bits per heavy atom. The van der Waals surface area contributed by atoms with E-state index in [4.69, 9.17) is 61.1 Å². The summed E-state index contributed by atoms with van der Waals surface area (Å²) in [4.78, 5) is 109. The van der Waals surface area contributed by atoms with Crippen molar-refractivity contribution in [1.82, 2.24) is 10.6 Å². The Kier molecular flexibility index (Phi) is 22.2. The number of rotatable bonds is 14. The van der Waals surface area contributed by atoms with Crippen molar-refractivity contribution >= 4 is 70.8 Å². The van der Waals surface area contributed by atoms with Crippen molar-refractivity contribution in [3.63, 3.8) is 0 Å². The predicted molar refractivity (Wildman–Crippen MR) is 373 cm³/mol. The third-order valence-electron chi connectivity index (χ3n) is 24.5. The van der Waals surface area contributed by atoms with Gasteiger partial charge in [-0.2, -0.15) is 0 Å². The number of carbonyl (C=O) groups excluding carboxylic acids is 8. The quantitative estimate of drug-likeness (QED) is 0.0380. The zero-order valence-corrected chi connectivity index (χ0v) is 63.2. The monoisotopic (exact) mass is 1470 g/mol. The molecule has 10 rings (SSSR count). The average molecular weight is 1470 g/mol. The smallest absolute Gasteiger partial charge is 0.408 e. The largest absolute Gasteiger partial charge is 0.460 e. The number of ketones is 2. The number of aliphatic hydroxyl groups excluding tert-OH is 4. The molecule has 4 saturated carbocycles. The van der Waals surface area contributed by atoms with Crippen molar-refractivity contribution < 1.29 is 108 Å². The van der Waals surface area contributed by atoms with Crippen LogP contribution in [0.4, 0.5) is 9.59 Å². The molecule has 0 spiro atoms. The van der Waals surface area contributed by atoms with E-state index in [-0.39, 0.29) is 51.0 Å².